The van der Waals surface area contributed by atoms with Gasteiger partial charge in [0.1, 0.15) is 6.10 Å². The fourth-order valence-corrected chi connectivity index (χ4v) is 5.19. The zero-order chi connectivity index (χ0) is 32.4. The number of allylic oxidation sites excluding steroid dienone is 6. The van der Waals surface area contributed by atoms with Crippen LogP contribution < -0.4 is 5.73 Å². The molecular weight excluding hydrogens is 577 g/mol. The minimum atomic E-state index is -4.27. The predicted molar refractivity (Wildman–Crippen MR) is 183 cm³/mol. The van der Waals surface area contributed by atoms with Gasteiger partial charge in [0.2, 0.25) is 0 Å². The van der Waals surface area contributed by atoms with Gasteiger partial charge in [-0.15, -0.1) is 0 Å². The minimum absolute atomic E-state index is 0.0962. The van der Waals surface area contributed by atoms with Gasteiger partial charge in [-0.25, -0.2) is 4.57 Å². The summed E-state index contributed by atoms with van der Waals surface area (Å²) < 4.78 is 33.2. The van der Waals surface area contributed by atoms with Gasteiger partial charge < -0.3 is 20.1 Å². The summed E-state index contributed by atoms with van der Waals surface area (Å²) in [6, 6.07) is 0. The Kier molecular flexibility index (Phi) is 32.1. The molecule has 2 unspecified atom stereocenters. The molecular formula is C35H66NO7P. The Labute approximate surface area is 269 Å². The van der Waals surface area contributed by atoms with Crippen molar-refractivity contribution < 1.29 is 32.8 Å². The lowest BCUT2D eigenvalue weighted by molar-refractivity contribution is -0.154. The number of carbonyl (C=O) groups is 1. The molecule has 0 radical (unpaired) electrons. The number of phosphoric ester groups is 1. The number of hydrogen-bond acceptors (Lipinski definition) is 7. The van der Waals surface area contributed by atoms with Crippen LogP contribution in [0.15, 0.2) is 36.5 Å². The molecule has 0 aliphatic rings. The van der Waals surface area contributed by atoms with E-state index in [1.54, 1.807) is 0 Å². The van der Waals surface area contributed by atoms with E-state index >= 15 is 0 Å². The first-order valence-electron chi connectivity index (χ1n) is 17.5. The van der Waals surface area contributed by atoms with Crippen LogP contribution in [0.5, 0.6) is 0 Å². The fraction of sp³-hybridized carbons (Fsp3) is 0.800. The maximum atomic E-state index is 12.5. The van der Waals surface area contributed by atoms with E-state index in [-0.39, 0.29) is 32.3 Å². The van der Waals surface area contributed by atoms with Crippen LogP contribution in [0.4, 0.5) is 0 Å². The maximum Gasteiger partial charge on any atom is 0.472 e. The van der Waals surface area contributed by atoms with Crippen molar-refractivity contribution >= 4 is 13.8 Å². The molecule has 0 aliphatic carbocycles. The zero-order valence-corrected chi connectivity index (χ0v) is 29.0. The third kappa shape index (κ3) is 32.1. The largest absolute Gasteiger partial charge is 0.472 e. The lowest BCUT2D eigenvalue weighted by Crippen LogP contribution is -2.28. The maximum absolute atomic E-state index is 12.5. The van der Waals surface area contributed by atoms with Gasteiger partial charge in [0.25, 0.3) is 0 Å². The van der Waals surface area contributed by atoms with Crippen LogP contribution in [0.25, 0.3) is 0 Å². The van der Waals surface area contributed by atoms with Crippen molar-refractivity contribution in [2.24, 2.45) is 5.73 Å². The number of rotatable bonds is 33. The number of unbranched alkanes of at least 4 members (excludes halogenated alkanes) is 14. The molecule has 0 aromatic rings. The lowest BCUT2D eigenvalue weighted by atomic mass is 10.1. The van der Waals surface area contributed by atoms with Gasteiger partial charge in [-0.3, -0.25) is 13.8 Å². The third-order valence-electron chi connectivity index (χ3n) is 7.01. The number of carbonyl (C=O) groups excluding carboxylic acids is 1. The van der Waals surface area contributed by atoms with Crippen LogP contribution in [-0.4, -0.2) is 49.9 Å². The molecule has 258 valence electrons. The van der Waals surface area contributed by atoms with Crippen molar-refractivity contribution in [2.45, 2.75) is 148 Å². The van der Waals surface area contributed by atoms with Crippen LogP contribution in [0.2, 0.25) is 0 Å². The topological polar surface area (TPSA) is 117 Å². The molecule has 0 heterocycles. The smallest absolute Gasteiger partial charge is 0.457 e. The first-order valence-corrected chi connectivity index (χ1v) is 19.0. The molecule has 0 fully saturated rings. The number of ether oxygens (including phenoxy) is 2. The molecule has 3 N–H and O–H groups in total. The van der Waals surface area contributed by atoms with Gasteiger partial charge >= 0.3 is 13.8 Å². The second kappa shape index (κ2) is 33.1. The Bertz CT molecular complexity index is 772. The molecule has 0 saturated carbocycles. The molecule has 0 aromatic heterocycles. The molecule has 0 amide bonds. The highest BCUT2D eigenvalue weighted by molar-refractivity contribution is 7.47. The molecule has 0 bridgehead atoms. The van der Waals surface area contributed by atoms with Gasteiger partial charge in [0.15, 0.2) is 0 Å². The highest BCUT2D eigenvalue weighted by Crippen LogP contribution is 2.43. The SMILES string of the molecule is CCC/C=C\C/C=C\CCCCCCCC(=O)OC(COCCCCCCCC/C=C\CCCC)COP(=O)(O)OCCN. The number of hydrogen-bond donors (Lipinski definition) is 2. The Hall–Kier alpha value is -1.28. The van der Waals surface area contributed by atoms with Crippen LogP contribution in [0.1, 0.15) is 142 Å². The van der Waals surface area contributed by atoms with E-state index in [0.717, 1.165) is 64.2 Å². The van der Waals surface area contributed by atoms with Gasteiger partial charge in [-0.05, 0) is 57.8 Å². The van der Waals surface area contributed by atoms with Crippen LogP contribution in [-0.2, 0) is 27.9 Å². The normalized spacial score (nSPS) is 14.2. The van der Waals surface area contributed by atoms with E-state index < -0.39 is 13.9 Å². The van der Waals surface area contributed by atoms with Gasteiger partial charge in [0.05, 0.1) is 19.8 Å². The molecule has 44 heavy (non-hydrogen) atoms. The Morgan fingerprint density at radius 2 is 1.25 bits per heavy atom. The highest BCUT2D eigenvalue weighted by atomic mass is 31.2. The zero-order valence-electron chi connectivity index (χ0n) is 28.1. The first-order chi connectivity index (χ1) is 21.4. The van der Waals surface area contributed by atoms with E-state index in [0.29, 0.717) is 13.0 Å². The number of esters is 1. The van der Waals surface area contributed by atoms with Crippen LogP contribution >= 0.6 is 7.82 Å². The molecule has 0 aliphatic heterocycles. The van der Waals surface area contributed by atoms with E-state index in [1.807, 2.05) is 0 Å². The van der Waals surface area contributed by atoms with Crippen molar-refractivity contribution in [3.63, 3.8) is 0 Å². The van der Waals surface area contributed by atoms with Crippen molar-refractivity contribution in [1.29, 1.82) is 0 Å². The standard InChI is InChI=1S/C35H66NO7P/c1-3-5-7-9-11-13-15-17-18-20-22-24-26-28-35(37)43-34(33-42-44(38,39)41-31-29-36)32-40-30-27-25-23-21-19-16-14-12-10-8-6-4-2/h7,9-10,12-13,15,34H,3-6,8,11,14,16-33,36H2,1-2H3,(H,38,39)/b9-7-,12-10-,15-13-. The number of phosphoric acid groups is 1. The second-order valence-electron chi connectivity index (χ2n) is 11.4. The fourth-order valence-electron chi connectivity index (χ4n) is 4.42. The Balaban J connectivity index is 4.17. The highest BCUT2D eigenvalue weighted by Gasteiger charge is 2.25. The van der Waals surface area contributed by atoms with E-state index in [2.05, 4.69) is 50.3 Å². The van der Waals surface area contributed by atoms with Crippen molar-refractivity contribution in [2.75, 3.05) is 33.0 Å². The summed E-state index contributed by atoms with van der Waals surface area (Å²) in [5, 5.41) is 0. The van der Waals surface area contributed by atoms with Crippen molar-refractivity contribution in [3.8, 4) is 0 Å². The summed E-state index contributed by atoms with van der Waals surface area (Å²) in [6.07, 6.45) is 34.4. The summed E-state index contributed by atoms with van der Waals surface area (Å²) in [7, 11) is -4.27. The molecule has 2 atom stereocenters. The summed E-state index contributed by atoms with van der Waals surface area (Å²) in [6.45, 7) is 4.77. The molecule has 0 aromatic carbocycles. The minimum Gasteiger partial charge on any atom is -0.457 e. The summed E-state index contributed by atoms with van der Waals surface area (Å²) in [5.74, 6) is -0.350. The summed E-state index contributed by atoms with van der Waals surface area (Å²) in [4.78, 5) is 22.3. The van der Waals surface area contributed by atoms with Gasteiger partial charge in [-0.2, -0.15) is 0 Å². The van der Waals surface area contributed by atoms with Crippen molar-refractivity contribution in [1.82, 2.24) is 0 Å². The van der Waals surface area contributed by atoms with Crippen LogP contribution in [0.3, 0.4) is 0 Å². The molecule has 0 saturated heterocycles. The average Bonchev–Trinajstić information content (AvgIpc) is 3.01. The molecule has 9 heteroatoms. The average molecular weight is 644 g/mol. The quantitative estimate of drug-likeness (QED) is 0.0314. The molecule has 0 rings (SSSR count). The third-order valence-corrected chi connectivity index (χ3v) is 7.99. The van der Waals surface area contributed by atoms with Crippen LogP contribution in [0, 0.1) is 0 Å². The van der Waals surface area contributed by atoms with Gasteiger partial charge in [-0.1, -0.05) is 115 Å². The van der Waals surface area contributed by atoms with E-state index in [4.69, 9.17) is 24.3 Å². The predicted octanol–water partition coefficient (Wildman–Crippen LogP) is 9.52. The first kappa shape index (κ1) is 42.7. The molecule has 0 spiro atoms. The Morgan fingerprint density at radius 3 is 1.89 bits per heavy atom. The van der Waals surface area contributed by atoms with E-state index in [9.17, 15) is 14.3 Å². The second-order valence-corrected chi connectivity index (χ2v) is 12.8. The van der Waals surface area contributed by atoms with Crippen molar-refractivity contribution in [3.05, 3.63) is 36.5 Å². The Morgan fingerprint density at radius 1 is 0.682 bits per heavy atom. The lowest BCUT2D eigenvalue weighted by Gasteiger charge is -2.20. The van der Waals surface area contributed by atoms with Gasteiger partial charge in [0, 0.05) is 19.6 Å². The summed E-state index contributed by atoms with van der Waals surface area (Å²) >= 11 is 0. The number of nitrogens with two attached hydrogens (primary N) is 1. The summed E-state index contributed by atoms with van der Waals surface area (Å²) in [5.41, 5.74) is 5.34. The molecule has 8 nitrogen and oxygen atoms in total. The van der Waals surface area contributed by atoms with E-state index in [1.165, 1.54) is 57.8 Å². The monoisotopic (exact) mass is 643 g/mol.